The Morgan fingerprint density at radius 1 is 1.40 bits per heavy atom. The second-order valence-electron chi connectivity index (χ2n) is 5.12. The van der Waals surface area contributed by atoms with Gasteiger partial charge in [0.2, 0.25) is 0 Å². The van der Waals surface area contributed by atoms with Crippen molar-refractivity contribution in [1.82, 2.24) is 5.32 Å². The van der Waals surface area contributed by atoms with Gasteiger partial charge in [0.25, 0.3) is 0 Å². The van der Waals surface area contributed by atoms with Crippen LogP contribution >= 0.6 is 11.8 Å². The second kappa shape index (κ2) is 6.99. The maximum absolute atomic E-state index is 12.1. The van der Waals surface area contributed by atoms with Gasteiger partial charge in [0.05, 0.1) is 11.8 Å². The van der Waals surface area contributed by atoms with Gasteiger partial charge in [-0.15, -0.1) is 11.8 Å². The molecule has 4 nitrogen and oxygen atoms in total. The average Bonchev–Trinajstić information content (AvgIpc) is 2.88. The van der Waals surface area contributed by atoms with Gasteiger partial charge in [-0.3, -0.25) is 0 Å². The molecule has 0 saturated heterocycles. The molecule has 1 fully saturated rings. The van der Waals surface area contributed by atoms with Gasteiger partial charge < -0.3 is 15.4 Å². The number of anilines is 1. The van der Waals surface area contributed by atoms with Crippen LogP contribution in [0.4, 0.5) is 10.5 Å². The molecule has 0 aliphatic heterocycles. The highest BCUT2D eigenvalue weighted by Gasteiger charge is 2.25. The Hall–Kier alpha value is -1.20. The van der Waals surface area contributed by atoms with Crippen LogP contribution in [-0.2, 0) is 4.74 Å². The van der Waals surface area contributed by atoms with Crippen LogP contribution in [0, 0.1) is 6.92 Å². The fourth-order valence-corrected chi connectivity index (χ4v) is 3.22. The van der Waals surface area contributed by atoms with E-state index in [1.165, 1.54) is 0 Å². The molecule has 1 aromatic rings. The molecule has 0 aromatic heterocycles. The molecule has 0 unspecified atom stereocenters. The predicted octanol–water partition coefficient (Wildman–Crippen LogP) is 3.41. The van der Waals surface area contributed by atoms with E-state index >= 15 is 0 Å². The summed E-state index contributed by atoms with van der Waals surface area (Å²) in [7, 11) is 1.73. The number of carbonyl (C=O) groups is 1. The number of aryl methyl sites for hydroxylation is 1. The van der Waals surface area contributed by atoms with Crippen molar-refractivity contribution in [2.24, 2.45) is 0 Å². The standard InChI is InChI=1S/C15H22N2O2S/c1-10-5-4-6-13(20-3)14(10)17-15(18)16-11-7-8-12(9-11)19-2/h4-6,11-12H,7-9H2,1-3H3,(H2,16,17,18)/t11-,12+/m1/s1. The van der Waals surface area contributed by atoms with Crippen LogP contribution in [0.5, 0.6) is 0 Å². The summed E-state index contributed by atoms with van der Waals surface area (Å²) >= 11 is 1.64. The van der Waals surface area contributed by atoms with Crippen molar-refractivity contribution in [3.8, 4) is 0 Å². The Bertz CT molecular complexity index is 479. The number of ether oxygens (including phenoxy) is 1. The van der Waals surface area contributed by atoms with Crippen molar-refractivity contribution in [3.63, 3.8) is 0 Å². The van der Waals surface area contributed by atoms with Gasteiger partial charge in [-0.25, -0.2) is 4.79 Å². The summed E-state index contributed by atoms with van der Waals surface area (Å²) in [6.45, 7) is 2.01. The van der Waals surface area contributed by atoms with E-state index in [1.54, 1.807) is 18.9 Å². The van der Waals surface area contributed by atoms with Gasteiger partial charge in [0.1, 0.15) is 0 Å². The van der Waals surface area contributed by atoms with Gasteiger partial charge in [-0.2, -0.15) is 0 Å². The quantitative estimate of drug-likeness (QED) is 0.837. The number of hydrogen-bond donors (Lipinski definition) is 2. The molecule has 0 radical (unpaired) electrons. The van der Waals surface area contributed by atoms with Gasteiger partial charge in [-0.05, 0) is 44.1 Å². The molecule has 0 spiro atoms. The fraction of sp³-hybridized carbons (Fsp3) is 0.533. The Morgan fingerprint density at radius 3 is 2.85 bits per heavy atom. The third-order valence-corrected chi connectivity index (χ3v) is 4.53. The Kier molecular flexibility index (Phi) is 5.31. The zero-order valence-electron chi connectivity index (χ0n) is 12.2. The molecule has 2 amide bonds. The van der Waals surface area contributed by atoms with Crippen LogP contribution < -0.4 is 10.6 Å². The van der Waals surface area contributed by atoms with Crippen molar-refractivity contribution in [2.45, 2.75) is 43.2 Å². The van der Waals surface area contributed by atoms with Crippen LogP contribution in [0.25, 0.3) is 0 Å². The first-order chi connectivity index (χ1) is 9.63. The summed E-state index contributed by atoms with van der Waals surface area (Å²) in [5.74, 6) is 0. The number of amides is 2. The molecule has 1 saturated carbocycles. The lowest BCUT2D eigenvalue weighted by Gasteiger charge is -2.16. The first-order valence-corrected chi connectivity index (χ1v) is 8.10. The topological polar surface area (TPSA) is 50.4 Å². The van der Waals surface area contributed by atoms with Crippen molar-refractivity contribution < 1.29 is 9.53 Å². The molecule has 2 atom stereocenters. The van der Waals surface area contributed by atoms with Gasteiger partial charge in [0, 0.05) is 18.0 Å². The lowest BCUT2D eigenvalue weighted by molar-refractivity contribution is 0.107. The zero-order chi connectivity index (χ0) is 14.5. The number of nitrogens with one attached hydrogen (secondary N) is 2. The number of urea groups is 1. The summed E-state index contributed by atoms with van der Waals surface area (Å²) in [5.41, 5.74) is 1.98. The number of hydrogen-bond acceptors (Lipinski definition) is 3. The summed E-state index contributed by atoms with van der Waals surface area (Å²) < 4.78 is 5.32. The molecule has 5 heteroatoms. The monoisotopic (exact) mass is 294 g/mol. The normalized spacial score (nSPS) is 21.8. The van der Waals surface area contributed by atoms with E-state index in [2.05, 4.69) is 10.6 Å². The van der Waals surface area contributed by atoms with E-state index in [-0.39, 0.29) is 18.2 Å². The first kappa shape index (κ1) is 15.2. The largest absolute Gasteiger partial charge is 0.381 e. The average molecular weight is 294 g/mol. The van der Waals surface area contributed by atoms with Crippen LogP contribution in [0.15, 0.2) is 23.1 Å². The highest BCUT2D eigenvalue weighted by molar-refractivity contribution is 7.98. The maximum atomic E-state index is 12.1. The van der Waals surface area contributed by atoms with Crippen LogP contribution in [-0.4, -0.2) is 31.5 Å². The molecule has 2 rings (SSSR count). The van der Waals surface area contributed by atoms with E-state index in [0.717, 1.165) is 35.4 Å². The lowest BCUT2D eigenvalue weighted by Crippen LogP contribution is -2.37. The minimum absolute atomic E-state index is 0.128. The van der Waals surface area contributed by atoms with Crippen molar-refractivity contribution in [2.75, 3.05) is 18.7 Å². The molecule has 1 aromatic carbocycles. The van der Waals surface area contributed by atoms with E-state index in [9.17, 15) is 4.79 Å². The fourth-order valence-electron chi connectivity index (χ4n) is 2.59. The van der Waals surface area contributed by atoms with Gasteiger partial charge in [0.15, 0.2) is 0 Å². The molecular weight excluding hydrogens is 272 g/mol. The van der Waals surface area contributed by atoms with Crippen molar-refractivity contribution in [3.05, 3.63) is 23.8 Å². The lowest BCUT2D eigenvalue weighted by atomic mass is 10.2. The molecule has 20 heavy (non-hydrogen) atoms. The van der Waals surface area contributed by atoms with E-state index < -0.39 is 0 Å². The SMILES string of the molecule is CO[C@H]1CC[C@@H](NC(=O)Nc2c(C)cccc2SC)C1. The van der Waals surface area contributed by atoms with E-state index in [1.807, 2.05) is 31.4 Å². The summed E-state index contributed by atoms with van der Waals surface area (Å²) in [4.78, 5) is 13.2. The smallest absolute Gasteiger partial charge is 0.319 e. The molecule has 110 valence electrons. The van der Waals surface area contributed by atoms with Crippen molar-refractivity contribution >= 4 is 23.5 Å². The Labute approximate surface area is 124 Å². The highest BCUT2D eigenvalue weighted by Crippen LogP contribution is 2.28. The molecule has 0 heterocycles. The number of thioether (sulfide) groups is 1. The number of carbonyl (C=O) groups excluding carboxylic acids is 1. The number of para-hydroxylation sites is 1. The summed E-state index contributed by atoms with van der Waals surface area (Å²) in [6.07, 6.45) is 5.18. The second-order valence-corrected chi connectivity index (χ2v) is 5.97. The van der Waals surface area contributed by atoms with Gasteiger partial charge in [-0.1, -0.05) is 12.1 Å². The van der Waals surface area contributed by atoms with E-state index in [0.29, 0.717) is 0 Å². The Morgan fingerprint density at radius 2 is 2.20 bits per heavy atom. The highest BCUT2D eigenvalue weighted by atomic mass is 32.2. The summed E-state index contributed by atoms with van der Waals surface area (Å²) in [6, 6.07) is 6.11. The number of rotatable bonds is 4. The van der Waals surface area contributed by atoms with Gasteiger partial charge >= 0.3 is 6.03 Å². The number of benzene rings is 1. The number of methoxy groups -OCH3 is 1. The molecular formula is C15H22N2O2S. The predicted molar refractivity (Wildman–Crippen MR) is 83.6 cm³/mol. The summed E-state index contributed by atoms with van der Waals surface area (Å²) in [5, 5.41) is 6.01. The molecule has 0 bridgehead atoms. The van der Waals surface area contributed by atoms with Crippen LogP contribution in [0.1, 0.15) is 24.8 Å². The van der Waals surface area contributed by atoms with E-state index in [4.69, 9.17) is 4.74 Å². The third kappa shape index (κ3) is 3.67. The zero-order valence-corrected chi connectivity index (χ0v) is 13.0. The van der Waals surface area contributed by atoms with Crippen molar-refractivity contribution in [1.29, 1.82) is 0 Å². The first-order valence-electron chi connectivity index (χ1n) is 6.88. The maximum Gasteiger partial charge on any atom is 0.319 e. The van der Waals surface area contributed by atoms with Crippen LogP contribution in [0.3, 0.4) is 0 Å². The minimum atomic E-state index is -0.128. The van der Waals surface area contributed by atoms with Crippen LogP contribution in [0.2, 0.25) is 0 Å². The third-order valence-electron chi connectivity index (χ3n) is 3.75. The molecule has 1 aliphatic rings. The molecule has 1 aliphatic carbocycles. The molecule has 2 N–H and O–H groups in total. The minimum Gasteiger partial charge on any atom is -0.381 e. The Balaban J connectivity index is 1.95.